The van der Waals surface area contributed by atoms with Crippen LogP contribution in [0.1, 0.15) is 226 Å². The molecule has 0 spiro atoms. The quantitative estimate of drug-likeness (QED) is 0.0162. The summed E-state index contributed by atoms with van der Waals surface area (Å²) in [5.41, 5.74) is 0. The van der Waals surface area contributed by atoms with E-state index in [0.717, 1.165) is 103 Å². The Hall–Kier alpha value is -2.34. The number of nitrogens with zero attached hydrogens (tertiary/aromatic N) is 4. The summed E-state index contributed by atoms with van der Waals surface area (Å²) in [6.45, 7) is 11.7. The monoisotopic (exact) mass is 804 g/mol. The van der Waals surface area contributed by atoms with Crippen LogP contribution in [-0.2, 0) is 19.1 Å². The second-order valence-electron chi connectivity index (χ2n) is 16.8. The van der Waals surface area contributed by atoms with Crippen molar-refractivity contribution >= 4 is 17.9 Å². The number of hydrogen-bond donors (Lipinski definition) is 1. The van der Waals surface area contributed by atoms with Crippen molar-refractivity contribution in [2.24, 2.45) is 10.9 Å². The van der Waals surface area contributed by atoms with Crippen molar-refractivity contribution in [1.82, 2.24) is 15.1 Å². The van der Waals surface area contributed by atoms with Crippen molar-refractivity contribution in [2.45, 2.75) is 226 Å². The molecule has 57 heavy (non-hydrogen) atoms. The van der Waals surface area contributed by atoms with Crippen molar-refractivity contribution in [2.75, 3.05) is 53.5 Å². The average molecular weight is 804 g/mol. The van der Waals surface area contributed by atoms with E-state index in [1.54, 1.807) is 0 Å². The van der Waals surface area contributed by atoms with Crippen molar-refractivity contribution in [1.29, 1.82) is 5.26 Å². The van der Waals surface area contributed by atoms with Gasteiger partial charge in [0.1, 0.15) is 0 Å². The summed E-state index contributed by atoms with van der Waals surface area (Å²) in [6, 6.07) is 0. The molecule has 0 heterocycles. The van der Waals surface area contributed by atoms with E-state index in [2.05, 4.69) is 36.0 Å². The fourth-order valence-corrected chi connectivity index (χ4v) is 7.41. The van der Waals surface area contributed by atoms with Crippen LogP contribution in [0.5, 0.6) is 0 Å². The molecule has 0 aliphatic rings. The van der Waals surface area contributed by atoms with Crippen LogP contribution < -0.4 is 5.32 Å². The van der Waals surface area contributed by atoms with Gasteiger partial charge in [0.25, 0.3) is 0 Å². The zero-order chi connectivity index (χ0) is 41.9. The minimum absolute atomic E-state index is 0.0332. The normalized spacial score (nSPS) is 12.1. The van der Waals surface area contributed by atoms with Gasteiger partial charge < -0.3 is 19.3 Å². The Labute approximate surface area is 353 Å². The lowest BCUT2D eigenvalue weighted by atomic mass is 9.94. The molecule has 0 aliphatic heterocycles. The van der Waals surface area contributed by atoms with E-state index in [1.807, 2.05) is 25.2 Å². The van der Waals surface area contributed by atoms with Crippen LogP contribution in [0, 0.1) is 17.4 Å². The van der Waals surface area contributed by atoms with E-state index in [1.165, 1.54) is 116 Å². The molecule has 0 aromatic heterocycles. The van der Waals surface area contributed by atoms with E-state index < -0.39 is 0 Å². The molecule has 9 heteroatoms. The number of hydrogen-bond acceptors (Lipinski definition) is 7. The summed E-state index contributed by atoms with van der Waals surface area (Å²) >= 11 is 0. The lowest BCUT2D eigenvalue weighted by molar-refractivity contribution is -0.149. The van der Waals surface area contributed by atoms with Crippen LogP contribution in [0.3, 0.4) is 0 Å². The van der Waals surface area contributed by atoms with Gasteiger partial charge >= 0.3 is 11.9 Å². The summed E-state index contributed by atoms with van der Waals surface area (Å²) < 4.78 is 11.3. The lowest BCUT2D eigenvalue weighted by Gasteiger charge is -2.22. The Kier molecular flexibility index (Phi) is 41.5. The van der Waals surface area contributed by atoms with Gasteiger partial charge in [-0.05, 0) is 71.0 Å². The second-order valence-corrected chi connectivity index (χ2v) is 16.8. The van der Waals surface area contributed by atoms with Gasteiger partial charge in [-0.2, -0.15) is 5.26 Å². The Bertz CT molecular complexity index is 969. The van der Waals surface area contributed by atoms with Gasteiger partial charge in [0.15, 0.2) is 6.19 Å². The molecular formula is C48H93N5O4. The molecule has 0 saturated heterocycles. The molecule has 0 bridgehead atoms. The molecule has 0 rings (SSSR count). The SMILES string of the molecule is CCCCCCCCCOC(=O)CCCCCCCN(CCCCCCCOC(=O)C(CCCCCCC)CCCCCCCC)CCCN=C(NC#N)N(C)C. The maximum atomic E-state index is 13.0. The van der Waals surface area contributed by atoms with Crippen LogP contribution in [-0.4, -0.2) is 81.2 Å². The summed E-state index contributed by atoms with van der Waals surface area (Å²) in [5, 5.41) is 11.7. The van der Waals surface area contributed by atoms with Crippen LogP contribution >= 0.6 is 0 Å². The van der Waals surface area contributed by atoms with E-state index in [0.29, 0.717) is 32.1 Å². The average Bonchev–Trinajstić information content (AvgIpc) is 3.20. The number of carbonyl (C=O) groups is 2. The van der Waals surface area contributed by atoms with Gasteiger partial charge in [0.05, 0.1) is 19.1 Å². The predicted octanol–water partition coefficient (Wildman–Crippen LogP) is 12.5. The van der Waals surface area contributed by atoms with E-state index in [4.69, 9.17) is 14.7 Å². The Morgan fingerprint density at radius 2 is 0.982 bits per heavy atom. The molecule has 0 aliphatic carbocycles. The first-order valence-electron chi connectivity index (χ1n) is 24.3. The highest BCUT2D eigenvalue weighted by Gasteiger charge is 2.19. The van der Waals surface area contributed by atoms with Crippen LogP contribution in [0.4, 0.5) is 0 Å². The maximum Gasteiger partial charge on any atom is 0.308 e. The molecule has 0 fully saturated rings. The van der Waals surface area contributed by atoms with Gasteiger partial charge in [0, 0.05) is 27.1 Å². The molecule has 0 amide bonds. The zero-order valence-electron chi connectivity index (χ0n) is 38.4. The maximum absolute atomic E-state index is 13.0. The number of rotatable bonds is 42. The molecule has 1 atom stereocenters. The Balaban J connectivity index is 4.48. The Morgan fingerprint density at radius 3 is 1.47 bits per heavy atom. The first-order valence-corrected chi connectivity index (χ1v) is 24.3. The highest BCUT2D eigenvalue weighted by atomic mass is 16.5. The van der Waals surface area contributed by atoms with E-state index in [9.17, 15) is 9.59 Å². The van der Waals surface area contributed by atoms with E-state index >= 15 is 0 Å². The summed E-state index contributed by atoms with van der Waals surface area (Å²) in [6.07, 6.45) is 38.9. The topological polar surface area (TPSA) is 107 Å². The van der Waals surface area contributed by atoms with Crippen molar-refractivity contribution in [3.8, 4) is 6.19 Å². The fourth-order valence-electron chi connectivity index (χ4n) is 7.41. The van der Waals surface area contributed by atoms with Gasteiger partial charge in [-0.3, -0.25) is 19.9 Å². The van der Waals surface area contributed by atoms with Crippen LogP contribution in [0.2, 0.25) is 0 Å². The third-order valence-electron chi connectivity index (χ3n) is 11.1. The van der Waals surface area contributed by atoms with E-state index in [-0.39, 0.29) is 17.9 Å². The molecular weight excluding hydrogens is 711 g/mol. The molecule has 0 aromatic rings. The van der Waals surface area contributed by atoms with Crippen LogP contribution in [0.25, 0.3) is 0 Å². The minimum atomic E-state index is -0.0332. The van der Waals surface area contributed by atoms with Crippen molar-refractivity contribution in [3.63, 3.8) is 0 Å². The number of nitrogens with one attached hydrogen (secondary N) is 1. The summed E-state index contributed by atoms with van der Waals surface area (Å²) in [5.74, 6) is 0.706. The smallest absolute Gasteiger partial charge is 0.308 e. The van der Waals surface area contributed by atoms with Crippen molar-refractivity contribution < 1.29 is 19.1 Å². The molecule has 1 unspecified atom stereocenters. The highest BCUT2D eigenvalue weighted by Crippen LogP contribution is 2.21. The van der Waals surface area contributed by atoms with Gasteiger partial charge in [-0.25, -0.2) is 0 Å². The number of ether oxygens (including phenoxy) is 2. The number of aliphatic imine (C=N–C) groups is 1. The summed E-state index contributed by atoms with van der Waals surface area (Å²) in [7, 11) is 3.79. The van der Waals surface area contributed by atoms with Crippen LogP contribution in [0.15, 0.2) is 4.99 Å². The minimum Gasteiger partial charge on any atom is -0.466 e. The van der Waals surface area contributed by atoms with Crippen molar-refractivity contribution in [3.05, 3.63) is 0 Å². The fraction of sp³-hybridized carbons (Fsp3) is 0.917. The zero-order valence-corrected chi connectivity index (χ0v) is 38.4. The predicted molar refractivity (Wildman–Crippen MR) is 241 cm³/mol. The first kappa shape index (κ1) is 54.7. The summed E-state index contributed by atoms with van der Waals surface area (Å²) in [4.78, 5) is 34.2. The molecule has 0 saturated carbocycles. The number of esters is 2. The molecule has 0 aromatic carbocycles. The number of nitriles is 1. The molecule has 9 nitrogen and oxygen atoms in total. The first-order chi connectivity index (χ1) is 27.9. The third kappa shape index (κ3) is 37.7. The number of guanidine groups is 1. The third-order valence-corrected chi connectivity index (χ3v) is 11.1. The Morgan fingerprint density at radius 1 is 0.561 bits per heavy atom. The molecule has 0 radical (unpaired) electrons. The molecule has 334 valence electrons. The van der Waals surface area contributed by atoms with Gasteiger partial charge in [-0.1, -0.05) is 168 Å². The largest absolute Gasteiger partial charge is 0.466 e. The number of carbonyl (C=O) groups excluding carboxylic acids is 2. The second kappa shape index (κ2) is 43.2. The van der Waals surface area contributed by atoms with Gasteiger partial charge in [0.2, 0.25) is 5.96 Å². The standard InChI is InChI=1S/C48H93N5O4/c1-6-9-12-15-17-25-32-42-56-46(54)37-29-22-18-23-30-39-53(41-34-38-50-48(51-44-49)52(4)5)40-31-24-19-26-33-43-57-47(55)45(35-27-20-14-11-8-3)36-28-21-16-13-10-7-2/h45H,6-43H2,1-5H3,(H,50,51). The van der Waals surface area contributed by atoms with Gasteiger partial charge in [-0.15, -0.1) is 0 Å². The molecule has 1 N–H and O–H groups in total. The lowest BCUT2D eigenvalue weighted by Crippen LogP contribution is -2.34. The highest BCUT2D eigenvalue weighted by molar-refractivity contribution is 5.80. The number of unbranched alkanes of at least 4 members (excludes halogenated alkanes) is 23.